The molecule has 4 heterocycles. The van der Waals surface area contributed by atoms with Crippen LogP contribution < -0.4 is 5.32 Å². The van der Waals surface area contributed by atoms with E-state index in [1.165, 1.54) is 51.4 Å². The Hall–Kier alpha value is -4.97. The topological polar surface area (TPSA) is 40.8 Å². The van der Waals surface area contributed by atoms with Crippen molar-refractivity contribution in [1.82, 2.24) is 9.88 Å². The Labute approximate surface area is 249 Å². The van der Waals surface area contributed by atoms with Crippen LogP contribution in [0.25, 0.3) is 62.6 Å². The van der Waals surface area contributed by atoms with Crippen molar-refractivity contribution in [2.45, 2.75) is 0 Å². The van der Waals surface area contributed by atoms with Crippen LogP contribution in [0.1, 0.15) is 5.56 Å². The summed E-state index contributed by atoms with van der Waals surface area (Å²) in [6.45, 7) is 0. The highest BCUT2D eigenvalue weighted by Crippen LogP contribution is 2.45. The number of nitrogens with one attached hydrogen (secondary N) is 2. The van der Waals surface area contributed by atoms with Crippen LogP contribution in [0.15, 0.2) is 139 Å². The molecule has 5 heteroatoms. The van der Waals surface area contributed by atoms with Gasteiger partial charge in [-0.25, -0.2) is 0 Å². The second-order valence-electron chi connectivity index (χ2n) is 10.7. The summed E-state index contributed by atoms with van der Waals surface area (Å²) >= 11 is 3.76. The first-order valence-electron chi connectivity index (χ1n) is 13.9. The van der Waals surface area contributed by atoms with Gasteiger partial charge in [0.25, 0.3) is 0 Å². The molecule has 0 saturated carbocycles. The fourth-order valence-electron chi connectivity index (χ4n) is 6.27. The number of fused-ring (bicyclic) bond motifs is 8. The van der Waals surface area contributed by atoms with Gasteiger partial charge >= 0.3 is 0 Å². The summed E-state index contributed by atoms with van der Waals surface area (Å²) in [6, 6.07) is 31.1. The molecule has 7 aromatic rings. The van der Waals surface area contributed by atoms with Gasteiger partial charge in [0.1, 0.15) is 0 Å². The summed E-state index contributed by atoms with van der Waals surface area (Å²) in [7, 11) is 0. The number of allylic oxidation sites excluding steroid dienone is 8. The standard InChI is InChI=1S/C37H23N3S2/c38-30-13-4-1-11-26(30)31-17-16-23(21-39-31)22-8-7-9-24(18-22)40-32-19-28-25-10-2-5-14-33(25)41-35(28)20-29(32)37-36(40)27-12-3-6-15-34(27)42-37/h1-21,38-39H/b31-26-,38-30?. The molecule has 3 aromatic heterocycles. The van der Waals surface area contributed by atoms with E-state index >= 15 is 0 Å². The van der Waals surface area contributed by atoms with Crippen LogP contribution in [-0.4, -0.2) is 10.3 Å². The molecule has 0 fully saturated rings. The number of hydrogen-bond acceptors (Lipinski definition) is 4. The molecule has 3 nitrogen and oxygen atoms in total. The lowest BCUT2D eigenvalue weighted by molar-refractivity contribution is 1.09. The monoisotopic (exact) mass is 573 g/mol. The Balaban J connectivity index is 1.25. The Morgan fingerprint density at radius 2 is 1.45 bits per heavy atom. The van der Waals surface area contributed by atoms with Gasteiger partial charge in [0.2, 0.25) is 0 Å². The minimum absolute atomic E-state index is 0.516. The van der Waals surface area contributed by atoms with Crippen molar-refractivity contribution in [2.24, 2.45) is 0 Å². The summed E-state index contributed by atoms with van der Waals surface area (Å²) in [6.07, 6.45) is 13.9. The van der Waals surface area contributed by atoms with Gasteiger partial charge in [0.15, 0.2) is 0 Å². The van der Waals surface area contributed by atoms with E-state index in [0.717, 1.165) is 28.1 Å². The minimum Gasteiger partial charge on any atom is -0.361 e. The van der Waals surface area contributed by atoms with Crippen LogP contribution in [0, 0.1) is 5.41 Å². The third kappa shape index (κ3) is 3.48. The fraction of sp³-hybridized carbons (Fsp3) is 0. The minimum atomic E-state index is 0.516. The van der Waals surface area contributed by atoms with Crippen molar-refractivity contribution in [2.75, 3.05) is 0 Å². The molecule has 2 N–H and O–H groups in total. The highest BCUT2D eigenvalue weighted by atomic mass is 32.1. The smallest absolute Gasteiger partial charge is 0.0727 e. The second-order valence-corrected chi connectivity index (χ2v) is 12.8. The molecular weight excluding hydrogens is 551 g/mol. The lowest BCUT2D eigenvalue weighted by atomic mass is 9.99. The van der Waals surface area contributed by atoms with E-state index in [4.69, 9.17) is 5.41 Å². The van der Waals surface area contributed by atoms with Gasteiger partial charge in [-0.1, -0.05) is 72.8 Å². The Morgan fingerprint density at radius 3 is 2.29 bits per heavy atom. The SMILES string of the molecule is N=C1C=CC=C/C1=C1\C=CC(c2cccc(-n3c4cc5c(cc4c4sc6ccccc6c43)sc3ccccc35)c2)=CN1. The normalized spacial score (nSPS) is 16.9. The van der Waals surface area contributed by atoms with Crippen LogP contribution in [0.5, 0.6) is 0 Å². The highest BCUT2D eigenvalue weighted by molar-refractivity contribution is 7.27. The molecule has 2 aliphatic rings. The van der Waals surface area contributed by atoms with Gasteiger partial charge in [-0.3, -0.25) is 0 Å². The number of rotatable bonds is 2. The predicted molar refractivity (Wildman–Crippen MR) is 182 cm³/mol. The first-order chi connectivity index (χ1) is 20.7. The van der Waals surface area contributed by atoms with E-state index in [0.29, 0.717) is 5.71 Å². The average Bonchev–Trinajstić information content (AvgIpc) is 3.69. The number of aromatic nitrogens is 1. The second kappa shape index (κ2) is 9.02. The first-order valence-corrected chi connectivity index (χ1v) is 15.6. The maximum Gasteiger partial charge on any atom is 0.0727 e. The quantitative estimate of drug-likeness (QED) is 0.212. The van der Waals surface area contributed by atoms with Crippen molar-refractivity contribution in [3.05, 3.63) is 144 Å². The molecule has 0 unspecified atom stereocenters. The molecule has 1 aliphatic heterocycles. The van der Waals surface area contributed by atoms with Crippen molar-refractivity contribution >= 4 is 85.3 Å². The Bertz CT molecular complexity index is 2450. The van der Waals surface area contributed by atoms with Gasteiger partial charge in [0, 0.05) is 58.8 Å². The molecule has 4 aromatic carbocycles. The van der Waals surface area contributed by atoms with E-state index in [1.807, 2.05) is 53.2 Å². The largest absolute Gasteiger partial charge is 0.361 e. The maximum atomic E-state index is 8.27. The summed E-state index contributed by atoms with van der Waals surface area (Å²) in [5.74, 6) is 0. The number of nitrogens with zero attached hydrogens (tertiary/aromatic N) is 1. The molecule has 0 saturated heterocycles. The summed E-state index contributed by atoms with van der Waals surface area (Å²) in [4.78, 5) is 0. The number of benzene rings is 4. The lowest BCUT2D eigenvalue weighted by Crippen LogP contribution is -2.14. The number of dihydropyridines is 1. The molecule has 0 atom stereocenters. The number of hydrogen-bond donors (Lipinski definition) is 2. The van der Waals surface area contributed by atoms with Gasteiger partial charge < -0.3 is 15.3 Å². The molecule has 1 aliphatic carbocycles. The van der Waals surface area contributed by atoms with Crippen LogP contribution in [0.2, 0.25) is 0 Å². The lowest BCUT2D eigenvalue weighted by Gasteiger charge is -2.17. The molecule has 0 radical (unpaired) electrons. The van der Waals surface area contributed by atoms with Crippen LogP contribution in [-0.2, 0) is 0 Å². The zero-order chi connectivity index (χ0) is 27.8. The molecule has 42 heavy (non-hydrogen) atoms. The highest BCUT2D eigenvalue weighted by Gasteiger charge is 2.20. The Morgan fingerprint density at radius 1 is 0.643 bits per heavy atom. The molecule has 0 spiro atoms. The van der Waals surface area contributed by atoms with Crippen molar-refractivity contribution in [3.8, 4) is 5.69 Å². The van der Waals surface area contributed by atoms with Crippen molar-refractivity contribution in [3.63, 3.8) is 0 Å². The van der Waals surface area contributed by atoms with E-state index < -0.39 is 0 Å². The van der Waals surface area contributed by atoms with E-state index in [1.54, 1.807) is 0 Å². The first kappa shape index (κ1) is 23.7. The fourth-order valence-corrected chi connectivity index (χ4v) is 8.61. The van der Waals surface area contributed by atoms with Gasteiger partial charge in [-0.2, -0.15) is 0 Å². The molecule has 9 rings (SSSR count). The summed E-state index contributed by atoms with van der Waals surface area (Å²) in [5, 5.41) is 16.9. The third-order valence-corrected chi connectivity index (χ3v) is 10.6. The zero-order valence-corrected chi connectivity index (χ0v) is 24.0. The molecule has 0 amide bonds. The van der Waals surface area contributed by atoms with Gasteiger partial charge in [-0.15, -0.1) is 22.7 Å². The summed E-state index contributed by atoms with van der Waals surface area (Å²) in [5.41, 5.74) is 8.27. The van der Waals surface area contributed by atoms with Gasteiger partial charge in [0.05, 0.1) is 21.4 Å². The predicted octanol–water partition coefficient (Wildman–Crippen LogP) is 10.3. The number of thiophene rings is 2. The van der Waals surface area contributed by atoms with Crippen LogP contribution in [0.4, 0.5) is 0 Å². The Kier molecular flexibility index (Phi) is 5.09. The zero-order valence-electron chi connectivity index (χ0n) is 22.4. The molecule has 0 bridgehead atoms. The molecule has 198 valence electrons. The molecular formula is C37H23N3S2. The average molecular weight is 574 g/mol. The maximum absolute atomic E-state index is 8.27. The summed E-state index contributed by atoms with van der Waals surface area (Å²) < 4.78 is 7.77. The van der Waals surface area contributed by atoms with E-state index in [2.05, 4.69) is 107 Å². The van der Waals surface area contributed by atoms with Crippen LogP contribution in [0.3, 0.4) is 0 Å². The third-order valence-electron chi connectivity index (χ3n) is 8.24. The van der Waals surface area contributed by atoms with Crippen molar-refractivity contribution in [1.29, 1.82) is 5.41 Å². The van der Waals surface area contributed by atoms with Gasteiger partial charge in [-0.05, 0) is 59.7 Å². The van der Waals surface area contributed by atoms with Crippen LogP contribution >= 0.6 is 22.7 Å². The van der Waals surface area contributed by atoms with E-state index in [-0.39, 0.29) is 0 Å². The van der Waals surface area contributed by atoms with E-state index in [9.17, 15) is 0 Å². The van der Waals surface area contributed by atoms with Crippen molar-refractivity contribution < 1.29 is 0 Å².